The van der Waals surface area contributed by atoms with E-state index in [2.05, 4.69) is 68.8 Å². The van der Waals surface area contributed by atoms with Gasteiger partial charge < -0.3 is 4.57 Å². The zero-order chi connectivity index (χ0) is 13.9. The van der Waals surface area contributed by atoms with Gasteiger partial charge in [-0.3, -0.25) is 0 Å². The fourth-order valence-electron chi connectivity index (χ4n) is 2.27. The summed E-state index contributed by atoms with van der Waals surface area (Å²) >= 11 is 3.46. The average molecular weight is 327 g/mol. The second kappa shape index (κ2) is 5.63. The van der Waals surface area contributed by atoms with Crippen molar-refractivity contribution in [2.24, 2.45) is 0 Å². The van der Waals surface area contributed by atoms with Gasteiger partial charge in [0.25, 0.3) is 0 Å². The summed E-state index contributed by atoms with van der Waals surface area (Å²) in [4.78, 5) is 4.56. The summed E-state index contributed by atoms with van der Waals surface area (Å²) < 4.78 is 3.27. The smallest absolute Gasteiger partial charge is 0.0959 e. The Morgan fingerprint density at radius 3 is 2.40 bits per heavy atom. The summed E-state index contributed by atoms with van der Waals surface area (Å²) in [6.07, 6.45) is 1.92. The normalized spacial score (nSPS) is 10.7. The number of rotatable bonds is 3. The fraction of sp³-hybridized carbons (Fsp3) is 0.118. The van der Waals surface area contributed by atoms with E-state index in [4.69, 9.17) is 0 Å². The molecular weight excluding hydrogens is 312 g/mol. The predicted molar refractivity (Wildman–Crippen MR) is 85.6 cm³/mol. The summed E-state index contributed by atoms with van der Waals surface area (Å²) in [5, 5.41) is 0. The van der Waals surface area contributed by atoms with Crippen LogP contribution in [0.2, 0.25) is 0 Å². The highest BCUT2D eigenvalue weighted by Gasteiger charge is 2.08. The molecule has 0 atom stereocenters. The van der Waals surface area contributed by atoms with Gasteiger partial charge in [0.05, 0.1) is 12.0 Å². The number of nitrogens with zero attached hydrogens (tertiary/aromatic N) is 2. The summed E-state index contributed by atoms with van der Waals surface area (Å²) in [6, 6.07) is 18.7. The molecule has 0 aliphatic heterocycles. The molecule has 0 bridgehead atoms. The number of hydrogen-bond donors (Lipinski definition) is 0. The van der Waals surface area contributed by atoms with E-state index in [1.54, 1.807) is 0 Å². The van der Waals surface area contributed by atoms with E-state index in [1.807, 2.05) is 24.5 Å². The molecule has 0 fully saturated rings. The van der Waals surface area contributed by atoms with Gasteiger partial charge in [-0.1, -0.05) is 58.4 Å². The number of imidazole rings is 1. The van der Waals surface area contributed by atoms with Crippen LogP contribution in [0.4, 0.5) is 0 Å². The maximum absolute atomic E-state index is 4.56. The first-order valence-electron chi connectivity index (χ1n) is 6.55. The molecule has 0 aliphatic rings. The molecule has 20 heavy (non-hydrogen) atoms. The zero-order valence-corrected chi connectivity index (χ0v) is 12.8. The highest BCUT2D eigenvalue weighted by Crippen LogP contribution is 2.23. The van der Waals surface area contributed by atoms with Crippen LogP contribution in [0.5, 0.6) is 0 Å². The molecule has 0 saturated carbocycles. The Bertz CT molecular complexity index is 700. The van der Waals surface area contributed by atoms with Gasteiger partial charge in [-0.05, 0) is 24.6 Å². The van der Waals surface area contributed by atoms with Crippen LogP contribution in [0.25, 0.3) is 11.3 Å². The van der Waals surface area contributed by atoms with Crippen LogP contribution in [-0.2, 0) is 6.54 Å². The molecule has 3 heteroatoms. The van der Waals surface area contributed by atoms with Gasteiger partial charge >= 0.3 is 0 Å². The SMILES string of the molecule is Cc1c(-c2ccc(Br)cc2)ncn1Cc1ccccc1. The highest BCUT2D eigenvalue weighted by molar-refractivity contribution is 9.10. The average Bonchev–Trinajstić information content (AvgIpc) is 2.83. The number of hydrogen-bond acceptors (Lipinski definition) is 1. The fourth-order valence-corrected chi connectivity index (χ4v) is 2.54. The summed E-state index contributed by atoms with van der Waals surface area (Å²) in [5.41, 5.74) is 4.68. The van der Waals surface area contributed by atoms with E-state index in [9.17, 15) is 0 Å². The van der Waals surface area contributed by atoms with E-state index in [0.29, 0.717) is 0 Å². The number of halogens is 1. The van der Waals surface area contributed by atoms with Crippen molar-refractivity contribution in [3.63, 3.8) is 0 Å². The lowest BCUT2D eigenvalue weighted by atomic mass is 10.1. The van der Waals surface area contributed by atoms with Crippen molar-refractivity contribution in [3.05, 3.63) is 76.7 Å². The first kappa shape index (κ1) is 13.1. The molecule has 0 N–H and O–H groups in total. The first-order valence-corrected chi connectivity index (χ1v) is 7.35. The largest absolute Gasteiger partial charge is 0.330 e. The van der Waals surface area contributed by atoms with E-state index in [0.717, 1.165) is 22.3 Å². The lowest BCUT2D eigenvalue weighted by Crippen LogP contribution is -2.00. The van der Waals surface area contributed by atoms with E-state index >= 15 is 0 Å². The first-order chi connectivity index (χ1) is 9.74. The molecule has 3 aromatic rings. The molecule has 0 amide bonds. The molecule has 0 radical (unpaired) electrons. The van der Waals surface area contributed by atoms with Gasteiger partial charge in [-0.25, -0.2) is 4.98 Å². The minimum absolute atomic E-state index is 0.857. The monoisotopic (exact) mass is 326 g/mol. The van der Waals surface area contributed by atoms with E-state index in [-0.39, 0.29) is 0 Å². The Hall–Kier alpha value is -1.87. The molecular formula is C17H15BrN2. The molecule has 3 rings (SSSR count). The third kappa shape index (κ3) is 2.68. The Morgan fingerprint density at radius 1 is 1.00 bits per heavy atom. The molecule has 100 valence electrons. The van der Waals surface area contributed by atoms with Crippen molar-refractivity contribution in [1.29, 1.82) is 0 Å². The van der Waals surface area contributed by atoms with Gasteiger partial charge in [0.15, 0.2) is 0 Å². The van der Waals surface area contributed by atoms with Crippen LogP contribution in [0.1, 0.15) is 11.3 Å². The lowest BCUT2D eigenvalue weighted by Gasteiger charge is -2.06. The second-order valence-electron chi connectivity index (χ2n) is 4.80. The summed E-state index contributed by atoms with van der Waals surface area (Å²) in [7, 11) is 0. The quantitative estimate of drug-likeness (QED) is 0.683. The molecule has 2 nitrogen and oxygen atoms in total. The molecule has 0 saturated heterocycles. The zero-order valence-electron chi connectivity index (χ0n) is 11.3. The third-order valence-corrected chi connectivity index (χ3v) is 3.94. The molecule has 0 spiro atoms. The van der Waals surface area contributed by atoms with E-state index in [1.165, 1.54) is 11.3 Å². The Labute approximate surface area is 127 Å². The van der Waals surface area contributed by atoms with Crippen LogP contribution >= 0.6 is 15.9 Å². The molecule has 0 unspecified atom stereocenters. The Morgan fingerprint density at radius 2 is 1.70 bits per heavy atom. The van der Waals surface area contributed by atoms with Gasteiger partial charge in [0.2, 0.25) is 0 Å². The van der Waals surface area contributed by atoms with Crippen LogP contribution in [0.3, 0.4) is 0 Å². The summed E-state index contributed by atoms with van der Waals surface area (Å²) in [6.45, 7) is 2.98. The lowest BCUT2D eigenvalue weighted by molar-refractivity contribution is 0.770. The minimum Gasteiger partial charge on any atom is -0.330 e. The topological polar surface area (TPSA) is 17.8 Å². The number of benzene rings is 2. The van der Waals surface area contributed by atoms with E-state index < -0.39 is 0 Å². The molecule has 0 aliphatic carbocycles. The summed E-state index contributed by atoms with van der Waals surface area (Å²) in [5.74, 6) is 0. The van der Waals surface area contributed by atoms with Gasteiger partial charge in [-0.2, -0.15) is 0 Å². The van der Waals surface area contributed by atoms with Crippen LogP contribution < -0.4 is 0 Å². The van der Waals surface area contributed by atoms with Crippen LogP contribution in [0, 0.1) is 6.92 Å². The third-order valence-electron chi connectivity index (χ3n) is 3.41. The van der Waals surface area contributed by atoms with Crippen molar-refractivity contribution in [2.75, 3.05) is 0 Å². The van der Waals surface area contributed by atoms with Gasteiger partial charge in [0.1, 0.15) is 0 Å². The number of aromatic nitrogens is 2. The molecule has 1 heterocycles. The van der Waals surface area contributed by atoms with Gasteiger partial charge in [-0.15, -0.1) is 0 Å². The van der Waals surface area contributed by atoms with Crippen LogP contribution in [-0.4, -0.2) is 9.55 Å². The van der Waals surface area contributed by atoms with Crippen molar-refractivity contribution in [1.82, 2.24) is 9.55 Å². The van der Waals surface area contributed by atoms with Crippen LogP contribution in [0.15, 0.2) is 65.4 Å². The van der Waals surface area contributed by atoms with Crippen molar-refractivity contribution in [3.8, 4) is 11.3 Å². The Kier molecular flexibility index (Phi) is 3.70. The maximum atomic E-state index is 4.56. The minimum atomic E-state index is 0.857. The Balaban J connectivity index is 1.91. The standard InChI is InChI=1S/C17H15BrN2/c1-13-17(15-7-9-16(18)10-8-15)19-12-20(13)11-14-5-3-2-4-6-14/h2-10,12H,11H2,1H3. The predicted octanol–water partition coefficient (Wildman–Crippen LogP) is 4.67. The van der Waals surface area contributed by atoms with Crippen molar-refractivity contribution in [2.45, 2.75) is 13.5 Å². The van der Waals surface area contributed by atoms with Crippen molar-refractivity contribution >= 4 is 15.9 Å². The molecule has 1 aromatic heterocycles. The molecule has 2 aromatic carbocycles. The van der Waals surface area contributed by atoms with Gasteiger partial charge in [0, 0.05) is 22.3 Å². The van der Waals surface area contributed by atoms with Crippen molar-refractivity contribution < 1.29 is 0 Å². The maximum Gasteiger partial charge on any atom is 0.0959 e. The second-order valence-corrected chi connectivity index (χ2v) is 5.71. The highest BCUT2D eigenvalue weighted by atomic mass is 79.9.